The van der Waals surface area contributed by atoms with Crippen molar-refractivity contribution in [2.45, 2.75) is 51.6 Å². The Morgan fingerprint density at radius 1 is 1.21 bits per heavy atom. The van der Waals surface area contributed by atoms with Gasteiger partial charge in [-0.05, 0) is 51.3 Å². The standard InChI is InChI=1S/C19H25N5/c1-14-16-8-6-12-24(13-15-7-2-4-10-20-15)19(16)23-18(22-14)17-9-3-5-11-21-17/h2,4,7,10,17,21H,3,5-6,8-9,11-13H2,1H3/t17-/m1/s1. The van der Waals surface area contributed by atoms with Crippen LogP contribution < -0.4 is 10.2 Å². The lowest BCUT2D eigenvalue weighted by Crippen LogP contribution is -2.33. The molecule has 4 heterocycles. The van der Waals surface area contributed by atoms with E-state index in [0.29, 0.717) is 6.04 Å². The van der Waals surface area contributed by atoms with E-state index >= 15 is 0 Å². The molecule has 0 aliphatic carbocycles. The lowest BCUT2D eigenvalue weighted by molar-refractivity contribution is 0.396. The summed E-state index contributed by atoms with van der Waals surface area (Å²) in [7, 11) is 0. The molecule has 0 bridgehead atoms. The minimum Gasteiger partial charge on any atom is -0.350 e. The number of nitrogens with zero attached hydrogens (tertiary/aromatic N) is 4. The summed E-state index contributed by atoms with van der Waals surface area (Å²) in [6.45, 7) is 5.07. The molecule has 0 spiro atoms. The molecule has 0 radical (unpaired) electrons. The highest BCUT2D eigenvalue weighted by Crippen LogP contribution is 2.30. The van der Waals surface area contributed by atoms with E-state index in [-0.39, 0.29) is 0 Å². The number of anilines is 1. The number of fused-ring (bicyclic) bond motifs is 1. The highest BCUT2D eigenvalue weighted by molar-refractivity contribution is 5.51. The van der Waals surface area contributed by atoms with Crippen LogP contribution in [-0.2, 0) is 13.0 Å². The third-order valence-corrected chi connectivity index (χ3v) is 5.06. The van der Waals surface area contributed by atoms with Gasteiger partial charge in [-0.1, -0.05) is 12.5 Å². The quantitative estimate of drug-likeness (QED) is 0.941. The van der Waals surface area contributed by atoms with Crippen LogP contribution in [0.5, 0.6) is 0 Å². The van der Waals surface area contributed by atoms with Crippen LogP contribution in [0.4, 0.5) is 5.82 Å². The molecule has 0 aromatic carbocycles. The van der Waals surface area contributed by atoms with Gasteiger partial charge in [0, 0.05) is 24.0 Å². The van der Waals surface area contributed by atoms with Gasteiger partial charge in [0.2, 0.25) is 0 Å². The average Bonchev–Trinajstić information content (AvgIpc) is 2.64. The summed E-state index contributed by atoms with van der Waals surface area (Å²) in [6, 6.07) is 6.41. The number of aromatic nitrogens is 3. The lowest BCUT2D eigenvalue weighted by Gasteiger charge is -2.32. The molecule has 0 amide bonds. The first-order valence-electron chi connectivity index (χ1n) is 9.07. The van der Waals surface area contributed by atoms with Gasteiger partial charge in [0.1, 0.15) is 11.6 Å². The molecule has 0 saturated carbocycles. The summed E-state index contributed by atoms with van der Waals surface area (Å²) in [4.78, 5) is 16.7. The van der Waals surface area contributed by atoms with Crippen LogP contribution in [0, 0.1) is 6.92 Å². The Hall–Kier alpha value is -2.01. The highest BCUT2D eigenvalue weighted by atomic mass is 15.2. The van der Waals surface area contributed by atoms with Gasteiger partial charge in [0.15, 0.2) is 0 Å². The lowest BCUT2D eigenvalue weighted by atomic mass is 10.0. The fraction of sp³-hybridized carbons (Fsp3) is 0.526. The Kier molecular flexibility index (Phi) is 4.43. The minimum atomic E-state index is 0.307. The molecule has 5 nitrogen and oxygen atoms in total. The van der Waals surface area contributed by atoms with Gasteiger partial charge in [0.25, 0.3) is 0 Å². The summed E-state index contributed by atoms with van der Waals surface area (Å²) >= 11 is 0. The van der Waals surface area contributed by atoms with E-state index in [1.165, 1.54) is 18.4 Å². The molecule has 5 heteroatoms. The van der Waals surface area contributed by atoms with Crippen molar-refractivity contribution >= 4 is 5.82 Å². The molecule has 1 N–H and O–H groups in total. The van der Waals surface area contributed by atoms with Crippen molar-refractivity contribution in [3.63, 3.8) is 0 Å². The molecule has 1 fully saturated rings. The zero-order valence-electron chi connectivity index (χ0n) is 14.3. The minimum absolute atomic E-state index is 0.307. The molecule has 1 saturated heterocycles. The largest absolute Gasteiger partial charge is 0.350 e. The number of hydrogen-bond donors (Lipinski definition) is 1. The van der Waals surface area contributed by atoms with Crippen LogP contribution in [0.2, 0.25) is 0 Å². The number of aryl methyl sites for hydroxylation is 1. The van der Waals surface area contributed by atoms with Crippen LogP contribution in [-0.4, -0.2) is 28.0 Å². The van der Waals surface area contributed by atoms with Gasteiger partial charge in [-0.3, -0.25) is 4.98 Å². The predicted molar refractivity (Wildman–Crippen MR) is 95.0 cm³/mol. The molecule has 126 valence electrons. The molecule has 2 aromatic heterocycles. The van der Waals surface area contributed by atoms with Gasteiger partial charge in [-0.25, -0.2) is 9.97 Å². The molecule has 24 heavy (non-hydrogen) atoms. The van der Waals surface area contributed by atoms with Gasteiger partial charge in [0.05, 0.1) is 18.3 Å². The van der Waals surface area contributed by atoms with Crippen molar-refractivity contribution in [2.75, 3.05) is 18.0 Å². The van der Waals surface area contributed by atoms with E-state index in [1.807, 2.05) is 12.3 Å². The molecular weight excluding hydrogens is 298 g/mol. The molecular formula is C19H25N5. The van der Waals surface area contributed by atoms with Crippen LogP contribution >= 0.6 is 0 Å². The summed E-state index contributed by atoms with van der Waals surface area (Å²) in [6.07, 6.45) is 7.76. The van der Waals surface area contributed by atoms with Crippen molar-refractivity contribution in [3.8, 4) is 0 Å². The fourth-order valence-electron chi connectivity index (χ4n) is 3.78. The molecule has 2 aliphatic heterocycles. The summed E-state index contributed by atoms with van der Waals surface area (Å²) in [5.74, 6) is 2.10. The zero-order valence-corrected chi connectivity index (χ0v) is 14.3. The van der Waals surface area contributed by atoms with Gasteiger partial charge in [-0.15, -0.1) is 0 Å². The Morgan fingerprint density at radius 3 is 2.96 bits per heavy atom. The monoisotopic (exact) mass is 323 g/mol. The Balaban J connectivity index is 1.65. The van der Waals surface area contributed by atoms with Gasteiger partial charge < -0.3 is 10.2 Å². The van der Waals surface area contributed by atoms with E-state index in [0.717, 1.165) is 61.9 Å². The molecule has 0 unspecified atom stereocenters. The molecule has 2 aliphatic rings. The maximum atomic E-state index is 5.00. The highest BCUT2D eigenvalue weighted by Gasteiger charge is 2.25. The van der Waals surface area contributed by atoms with Gasteiger partial charge >= 0.3 is 0 Å². The molecule has 4 rings (SSSR count). The van der Waals surface area contributed by atoms with E-state index in [1.54, 1.807) is 0 Å². The second-order valence-electron chi connectivity index (χ2n) is 6.82. The number of pyridine rings is 1. The van der Waals surface area contributed by atoms with Crippen LogP contribution in [0.15, 0.2) is 24.4 Å². The average molecular weight is 323 g/mol. The molecule has 1 atom stereocenters. The number of piperidine rings is 1. The first-order valence-corrected chi connectivity index (χ1v) is 9.07. The van der Waals surface area contributed by atoms with E-state index < -0.39 is 0 Å². The summed E-state index contributed by atoms with van der Waals surface area (Å²) in [5.41, 5.74) is 3.56. The Morgan fingerprint density at radius 2 is 2.17 bits per heavy atom. The zero-order chi connectivity index (χ0) is 16.4. The predicted octanol–water partition coefficient (Wildman–Crippen LogP) is 2.95. The third-order valence-electron chi connectivity index (χ3n) is 5.06. The van der Waals surface area contributed by atoms with Crippen LogP contribution in [0.3, 0.4) is 0 Å². The second kappa shape index (κ2) is 6.85. The van der Waals surface area contributed by atoms with Crippen molar-refractivity contribution in [1.29, 1.82) is 0 Å². The topological polar surface area (TPSA) is 53.9 Å². The summed E-state index contributed by atoms with van der Waals surface area (Å²) < 4.78 is 0. The smallest absolute Gasteiger partial charge is 0.147 e. The number of rotatable bonds is 3. The first kappa shape index (κ1) is 15.5. The normalized spacial score (nSPS) is 20.7. The molecule has 2 aromatic rings. The SMILES string of the molecule is Cc1nc([C@H]2CCCCN2)nc2c1CCCN2Cc1ccccn1. The van der Waals surface area contributed by atoms with Crippen molar-refractivity contribution in [3.05, 3.63) is 47.2 Å². The Bertz CT molecular complexity index is 694. The van der Waals surface area contributed by atoms with E-state index in [2.05, 4.69) is 34.3 Å². The fourth-order valence-corrected chi connectivity index (χ4v) is 3.78. The number of nitrogens with one attached hydrogen (secondary N) is 1. The third kappa shape index (κ3) is 3.13. The maximum Gasteiger partial charge on any atom is 0.147 e. The Labute approximate surface area is 143 Å². The van der Waals surface area contributed by atoms with Crippen LogP contribution in [0.1, 0.15) is 54.5 Å². The maximum absolute atomic E-state index is 5.00. The second-order valence-corrected chi connectivity index (χ2v) is 6.82. The van der Waals surface area contributed by atoms with Crippen molar-refractivity contribution in [2.24, 2.45) is 0 Å². The van der Waals surface area contributed by atoms with E-state index in [4.69, 9.17) is 9.97 Å². The van der Waals surface area contributed by atoms with Crippen molar-refractivity contribution < 1.29 is 0 Å². The van der Waals surface area contributed by atoms with Crippen molar-refractivity contribution in [1.82, 2.24) is 20.3 Å². The van der Waals surface area contributed by atoms with Crippen LogP contribution in [0.25, 0.3) is 0 Å². The first-order chi connectivity index (χ1) is 11.8. The number of hydrogen-bond acceptors (Lipinski definition) is 5. The summed E-state index contributed by atoms with van der Waals surface area (Å²) in [5, 5.41) is 3.58. The van der Waals surface area contributed by atoms with E-state index in [9.17, 15) is 0 Å². The van der Waals surface area contributed by atoms with Gasteiger partial charge in [-0.2, -0.15) is 0 Å².